The number of methoxy groups -OCH3 is 2. The summed E-state index contributed by atoms with van der Waals surface area (Å²) in [6.07, 6.45) is 0. The zero-order valence-corrected chi connectivity index (χ0v) is 13.7. The van der Waals surface area contributed by atoms with Gasteiger partial charge in [0.25, 0.3) is 0 Å². The first-order valence-electron chi connectivity index (χ1n) is 6.98. The van der Waals surface area contributed by atoms with Gasteiger partial charge in [0.1, 0.15) is 0 Å². The Kier molecular flexibility index (Phi) is 5.61. The van der Waals surface area contributed by atoms with Crippen LogP contribution in [0.5, 0.6) is 11.5 Å². The van der Waals surface area contributed by atoms with Crippen LogP contribution < -0.4 is 20.1 Å². The predicted molar refractivity (Wildman–Crippen MR) is 93.8 cm³/mol. The van der Waals surface area contributed by atoms with E-state index in [4.69, 9.17) is 21.7 Å². The lowest BCUT2D eigenvalue weighted by Crippen LogP contribution is -2.30. The molecule has 4 nitrogen and oxygen atoms in total. The van der Waals surface area contributed by atoms with Gasteiger partial charge in [0.05, 0.1) is 20.3 Å². The van der Waals surface area contributed by atoms with Crippen molar-refractivity contribution < 1.29 is 9.47 Å². The number of ether oxygens (including phenoxy) is 2. The van der Waals surface area contributed by atoms with Gasteiger partial charge in [-0.05, 0) is 36.8 Å². The zero-order valence-electron chi connectivity index (χ0n) is 12.9. The lowest BCUT2D eigenvalue weighted by molar-refractivity contribution is 0.355. The van der Waals surface area contributed by atoms with Crippen molar-refractivity contribution in [2.24, 2.45) is 0 Å². The maximum atomic E-state index is 5.36. The highest BCUT2D eigenvalue weighted by molar-refractivity contribution is 7.80. The summed E-state index contributed by atoms with van der Waals surface area (Å²) in [5.41, 5.74) is 2.02. The minimum atomic E-state index is 0.126. The van der Waals surface area contributed by atoms with E-state index in [1.165, 1.54) is 5.56 Å². The molecule has 116 valence electrons. The largest absolute Gasteiger partial charge is 0.493 e. The zero-order chi connectivity index (χ0) is 15.9. The number of thiocarbonyl (C=S) groups is 1. The van der Waals surface area contributed by atoms with Crippen molar-refractivity contribution in [3.05, 3.63) is 54.1 Å². The van der Waals surface area contributed by atoms with Gasteiger partial charge in [-0.2, -0.15) is 0 Å². The van der Waals surface area contributed by atoms with Crippen LogP contribution in [0, 0.1) is 0 Å². The minimum Gasteiger partial charge on any atom is -0.493 e. The normalized spacial score (nSPS) is 11.4. The molecule has 1 unspecified atom stereocenters. The SMILES string of the molecule is COc1ccc(NC(=S)NC(C)c2ccccc2)cc1OC. The molecule has 0 saturated heterocycles. The summed E-state index contributed by atoms with van der Waals surface area (Å²) in [6.45, 7) is 2.07. The number of hydrogen-bond acceptors (Lipinski definition) is 3. The lowest BCUT2D eigenvalue weighted by atomic mass is 10.1. The van der Waals surface area contributed by atoms with Crippen LogP contribution >= 0.6 is 12.2 Å². The van der Waals surface area contributed by atoms with Gasteiger partial charge < -0.3 is 20.1 Å². The fourth-order valence-electron chi connectivity index (χ4n) is 2.10. The van der Waals surface area contributed by atoms with Crippen LogP contribution in [0.15, 0.2) is 48.5 Å². The Morgan fingerprint density at radius 2 is 1.68 bits per heavy atom. The number of hydrogen-bond donors (Lipinski definition) is 2. The maximum Gasteiger partial charge on any atom is 0.171 e. The third-order valence-electron chi connectivity index (χ3n) is 3.29. The van der Waals surface area contributed by atoms with E-state index in [0.717, 1.165) is 5.69 Å². The van der Waals surface area contributed by atoms with Gasteiger partial charge in [-0.1, -0.05) is 30.3 Å². The summed E-state index contributed by atoms with van der Waals surface area (Å²) in [4.78, 5) is 0. The lowest BCUT2D eigenvalue weighted by Gasteiger charge is -2.18. The second-order valence-corrected chi connectivity index (χ2v) is 5.21. The van der Waals surface area contributed by atoms with Crippen molar-refractivity contribution in [1.82, 2.24) is 5.32 Å². The molecule has 1 atom stereocenters. The van der Waals surface area contributed by atoms with Gasteiger partial charge in [-0.25, -0.2) is 0 Å². The van der Waals surface area contributed by atoms with Crippen molar-refractivity contribution in [2.45, 2.75) is 13.0 Å². The van der Waals surface area contributed by atoms with E-state index < -0.39 is 0 Å². The molecule has 0 radical (unpaired) electrons. The Morgan fingerprint density at radius 1 is 1.00 bits per heavy atom. The van der Waals surface area contributed by atoms with Crippen molar-refractivity contribution in [3.8, 4) is 11.5 Å². The van der Waals surface area contributed by atoms with E-state index in [1.54, 1.807) is 14.2 Å². The topological polar surface area (TPSA) is 42.5 Å². The predicted octanol–water partition coefficient (Wildman–Crippen LogP) is 3.75. The van der Waals surface area contributed by atoms with E-state index in [0.29, 0.717) is 16.6 Å². The monoisotopic (exact) mass is 316 g/mol. The Hall–Kier alpha value is -2.27. The van der Waals surface area contributed by atoms with Crippen LogP contribution in [0.25, 0.3) is 0 Å². The second kappa shape index (κ2) is 7.66. The summed E-state index contributed by atoms with van der Waals surface area (Å²) < 4.78 is 10.5. The van der Waals surface area contributed by atoms with E-state index >= 15 is 0 Å². The summed E-state index contributed by atoms with van der Waals surface area (Å²) in [5, 5.41) is 6.97. The first-order chi connectivity index (χ1) is 10.6. The van der Waals surface area contributed by atoms with E-state index in [9.17, 15) is 0 Å². The average Bonchev–Trinajstić information content (AvgIpc) is 2.55. The molecule has 0 aliphatic heterocycles. The van der Waals surface area contributed by atoms with Crippen molar-refractivity contribution in [3.63, 3.8) is 0 Å². The first-order valence-corrected chi connectivity index (χ1v) is 7.39. The Morgan fingerprint density at radius 3 is 2.32 bits per heavy atom. The van der Waals surface area contributed by atoms with Crippen molar-refractivity contribution in [2.75, 3.05) is 19.5 Å². The first kappa shape index (κ1) is 16.1. The molecule has 0 heterocycles. The third-order valence-corrected chi connectivity index (χ3v) is 3.51. The molecule has 0 bridgehead atoms. The molecule has 2 aromatic rings. The van der Waals surface area contributed by atoms with E-state index in [2.05, 4.69) is 29.7 Å². The van der Waals surface area contributed by atoms with Crippen LogP contribution in [0.4, 0.5) is 5.69 Å². The summed E-state index contributed by atoms with van der Waals surface area (Å²) in [5.74, 6) is 1.34. The van der Waals surface area contributed by atoms with Gasteiger partial charge in [0, 0.05) is 11.8 Å². The highest BCUT2D eigenvalue weighted by Gasteiger charge is 2.08. The number of benzene rings is 2. The molecule has 2 rings (SSSR count). The van der Waals surface area contributed by atoms with Crippen molar-refractivity contribution in [1.29, 1.82) is 0 Å². The maximum absolute atomic E-state index is 5.36. The average molecular weight is 316 g/mol. The molecule has 0 amide bonds. The van der Waals surface area contributed by atoms with Crippen LogP contribution in [0.1, 0.15) is 18.5 Å². The molecule has 0 aliphatic rings. The molecule has 0 aliphatic carbocycles. The van der Waals surface area contributed by atoms with E-state index in [-0.39, 0.29) is 6.04 Å². The van der Waals surface area contributed by atoms with Crippen molar-refractivity contribution >= 4 is 23.0 Å². The second-order valence-electron chi connectivity index (χ2n) is 4.80. The fraction of sp³-hybridized carbons (Fsp3) is 0.235. The molecule has 2 aromatic carbocycles. The number of anilines is 1. The molecule has 2 N–H and O–H groups in total. The Balaban J connectivity index is 2.00. The Bertz CT molecular complexity index is 632. The molecule has 0 spiro atoms. The number of rotatable bonds is 5. The molecule has 0 aromatic heterocycles. The summed E-state index contributed by atoms with van der Waals surface area (Å²) in [7, 11) is 3.22. The molecule has 5 heteroatoms. The van der Waals surface area contributed by atoms with Gasteiger partial charge in [0.15, 0.2) is 16.6 Å². The fourth-order valence-corrected chi connectivity index (χ4v) is 2.40. The van der Waals surface area contributed by atoms with Gasteiger partial charge in [-0.3, -0.25) is 0 Å². The van der Waals surface area contributed by atoms with Crippen LogP contribution in [0.3, 0.4) is 0 Å². The Labute approximate surface area is 136 Å². The van der Waals surface area contributed by atoms with Crippen LogP contribution in [0.2, 0.25) is 0 Å². The summed E-state index contributed by atoms with van der Waals surface area (Å²) >= 11 is 5.36. The van der Waals surface area contributed by atoms with E-state index in [1.807, 2.05) is 36.4 Å². The van der Waals surface area contributed by atoms with Gasteiger partial charge in [-0.15, -0.1) is 0 Å². The van der Waals surface area contributed by atoms with Crippen LogP contribution in [-0.2, 0) is 0 Å². The smallest absolute Gasteiger partial charge is 0.171 e. The highest BCUT2D eigenvalue weighted by Crippen LogP contribution is 2.29. The standard InChI is InChI=1S/C17H20N2O2S/c1-12(13-7-5-4-6-8-13)18-17(22)19-14-9-10-15(20-2)16(11-14)21-3/h4-12H,1-3H3,(H2,18,19,22). The van der Waals surface area contributed by atoms with Gasteiger partial charge in [0.2, 0.25) is 0 Å². The molecular formula is C17H20N2O2S. The summed E-state index contributed by atoms with van der Waals surface area (Å²) in [6, 6.07) is 15.9. The van der Waals surface area contributed by atoms with Crippen LogP contribution in [-0.4, -0.2) is 19.3 Å². The molecule has 0 saturated carbocycles. The highest BCUT2D eigenvalue weighted by atomic mass is 32.1. The minimum absolute atomic E-state index is 0.126. The number of nitrogens with one attached hydrogen (secondary N) is 2. The van der Waals surface area contributed by atoms with Gasteiger partial charge >= 0.3 is 0 Å². The molecule has 22 heavy (non-hydrogen) atoms. The third kappa shape index (κ3) is 4.11. The quantitative estimate of drug-likeness (QED) is 0.822. The molecular weight excluding hydrogens is 296 g/mol. The molecule has 0 fully saturated rings.